The molecule has 0 heterocycles. The van der Waals surface area contributed by atoms with Crippen LogP contribution in [0.5, 0.6) is 0 Å². The maximum atomic E-state index is 10.3. The Labute approximate surface area is 85.7 Å². The summed E-state index contributed by atoms with van der Waals surface area (Å²) in [4.78, 5) is 10.3. The van der Waals surface area contributed by atoms with Crippen LogP contribution in [0.1, 0.15) is 51.4 Å². The van der Waals surface area contributed by atoms with Crippen LogP contribution in [0.4, 0.5) is 0 Å². The van der Waals surface area contributed by atoms with E-state index in [2.05, 4.69) is 0 Å². The molecule has 82 valence electrons. The molecule has 0 amide bonds. The highest BCUT2D eigenvalue weighted by Gasteiger charge is 2.16. The van der Waals surface area contributed by atoms with Crippen molar-refractivity contribution in [1.29, 1.82) is 0 Å². The van der Waals surface area contributed by atoms with Crippen molar-refractivity contribution in [3.8, 4) is 0 Å². The SMILES string of the molecule is NC(CCC(=O)O)CCC1CCCC1. The normalized spacial score (nSPS) is 19.8. The topological polar surface area (TPSA) is 63.3 Å². The zero-order chi connectivity index (χ0) is 10.4. The standard InChI is InChI=1S/C11H21NO2/c12-10(7-8-11(13)14)6-5-9-3-1-2-4-9/h9-10H,1-8,12H2,(H,13,14). The molecule has 3 heteroatoms. The zero-order valence-corrected chi connectivity index (χ0v) is 8.74. The van der Waals surface area contributed by atoms with E-state index in [1.165, 1.54) is 32.1 Å². The second-order valence-electron chi connectivity index (χ2n) is 4.42. The molecule has 0 aliphatic heterocycles. The molecule has 1 aliphatic carbocycles. The number of aliphatic carboxylic acids is 1. The van der Waals surface area contributed by atoms with Gasteiger partial charge in [0, 0.05) is 12.5 Å². The Balaban J connectivity index is 2.02. The van der Waals surface area contributed by atoms with Gasteiger partial charge in [-0.1, -0.05) is 25.7 Å². The van der Waals surface area contributed by atoms with E-state index in [1.807, 2.05) is 0 Å². The Kier molecular flexibility index (Phi) is 4.94. The van der Waals surface area contributed by atoms with Gasteiger partial charge in [0.05, 0.1) is 0 Å². The van der Waals surface area contributed by atoms with Crippen LogP contribution in [-0.2, 0) is 4.79 Å². The minimum Gasteiger partial charge on any atom is -0.481 e. The first kappa shape index (κ1) is 11.5. The minimum atomic E-state index is -0.735. The van der Waals surface area contributed by atoms with Crippen molar-refractivity contribution in [2.75, 3.05) is 0 Å². The Bertz CT molecular complexity index is 176. The number of nitrogens with two attached hydrogens (primary N) is 1. The third-order valence-electron chi connectivity index (χ3n) is 3.15. The highest BCUT2D eigenvalue weighted by Crippen LogP contribution is 2.29. The third-order valence-corrected chi connectivity index (χ3v) is 3.15. The molecule has 1 fully saturated rings. The second kappa shape index (κ2) is 6.02. The van der Waals surface area contributed by atoms with Crippen molar-refractivity contribution in [1.82, 2.24) is 0 Å². The fourth-order valence-electron chi connectivity index (χ4n) is 2.20. The van der Waals surface area contributed by atoms with Crippen molar-refractivity contribution in [2.45, 2.75) is 57.4 Å². The van der Waals surface area contributed by atoms with E-state index in [0.29, 0.717) is 6.42 Å². The first-order valence-electron chi connectivity index (χ1n) is 5.66. The van der Waals surface area contributed by atoms with Crippen LogP contribution in [0.2, 0.25) is 0 Å². The summed E-state index contributed by atoms with van der Waals surface area (Å²) in [5.41, 5.74) is 5.84. The number of carbonyl (C=O) groups is 1. The summed E-state index contributed by atoms with van der Waals surface area (Å²) < 4.78 is 0. The average Bonchev–Trinajstić information content (AvgIpc) is 2.63. The van der Waals surface area contributed by atoms with Crippen LogP contribution in [-0.4, -0.2) is 17.1 Å². The van der Waals surface area contributed by atoms with E-state index in [-0.39, 0.29) is 12.5 Å². The molecule has 0 saturated heterocycles. The van der Waals surface area contributed by atoms with Crippen LogP contribution in [0.25, 0.3) is 0 Å². The quantitative estimate of drug-likeness (QED) is 0.689. The van der Waals surface area contributed by atoms with Gasteiger partial charge < -0.3 is 10.8 Å². The molecule has 0 spiro atoms. The molecule has 0 bridgehead atoms. The zero-order valence-electron chi connectivity index (χ0n) is 8.74. The fraction of sp³-hybridized carbons (Fsp3) is 0.909. The van der Waals surface area contributed by atoms with Gasteiger partial charge in [-0.25, -0.2) is 0 Å². The lowest BCUT2D eigenvalue weighted by molar-refractivity contribution is -0.137. The lowest BCUT2D eigenvalue weighted by atomic mass is 9.97. The van der Waals surface area contributed by atoms with Crippen molar-refractivity contribution in [2.24, 2.45) is 11.7 Å². The molecule has 1 unspecified atom stereocenters. The maximum Gasteiger partial charge on any atom is 0.303 e. The van der Waals surface area contributed by atoms with Crippen molar-refractivity contribution in [3.63, 3.8) is 0 Å². The molecule has 1 rings (SSSR count). The Morgan fingerprint density at radius 3 is 2.57 bits per heavy atom. The molecular formula is C11H21NO2. The van der Waals surface area contributed by atoms with E-state index in [0.717, 1.165) is 12.3 Å². The van der Waals surface area contributed by atoms with E-state index in [4.69, 9.17) is 10.8 Å². The van der Waals surface area contributed by atoms with Crippen molar-refractivity contribution >= 4 is 5.97 Å². The molecular weight excluding hydrogens is 178 g/mol. The summed E-state index contributed by atoms with van der Waals surface area (Å²) in [5.74, 6) is 0.132. The third kappa shape index (κ3) is 4.61. The van der Waals surface area contributed by atoms with Crippen LogP contribution >= 0.6 is 0 Å². The largest absolute Gasteiger partial charge is 0.481 e. The Morgan fingerprint density at radius 2 is 2.00 bits per heavy atom. The van der Waals surface area contributed by atoms with Crippen molar-refractivity contribution in [3.05, 3.63) is 0 Å². The Morgan fingerprint density at radius 1 is 1.36 bits per heavy atom. The predicted octanol–water partition coefficient (Wildman–Crippen LogP) is 2.15. The van der Waals surface area contributed by atoms with Gasteiger partial charge in [-0.15, -0.1) is 0 Å². The van der Waals surface area contributed by atoms with E-state index < -0.39 is 5.97 Å². The lowest BCUT2D eigenvalue weighted by Gasteiger charge is -2.13. The van der Waals surface area contributed by atoms with E-state index >= 15 is 0 Å². The summed E-state index contributed by atoms with van der Waals surface area (Å²) >= 11 is 0. The number of hydrogen-bond acceptors (Lipinski definition) is 2. The molecule has 1 atom stereocenters. The second-order valence-corrected chi connectivity index (χ2v) is 4.42. The van der Waals surface area contributed by atoms with Gasteiger partial charge in [-0.3, -0.25) is 4.79 Å². The molecule has 0 aromatic carbocycles. The maximum absolute atomic E-state index is 10.3. The number of hydrogen-bond donors (Lipinski definition) is 2. The average molecular weight is 199 g/mol. The van der Waals surface area contributed by atoms with Gasteiger partial charge in [0.15, 0.2) is 0 Å². The lowest BCUT2D eigenvalue weighted by Crippen LogP contribution is -2.21. The molecule has 0 radical (unpaired) electrons. The summed E-state index contributed by atoms with van der Waals surface area (Å²) in [6.07, 6.45) is 8.48. The predicted molar refractivity (Wildman–Crippen MR) is 56.0 cm³/mol. The number of carboxylic acid groups (broad SMARTS) is 1. The van der Waals surface area contributed by atoms with Crippen LogP contribution in [0.15, 0.2) is 0 Å². The van der Waals surface area contributed by atoms with Gasteiger partial charge in [-0.2, -0.15) is 0 Å². The smallest absolute Gasteiger partial charge is 0.303 e. The highest BCUT2D eigenvalue weighted by molar-refractivity contribution is 5.66. The number of carboxylic acids is 1. The molecule has 3 N–H and O–H groups in total. The molecule has 3 nitrogen and oxygen atoms in total. The van der Waals surface area contributed by atoms with Gasteiger partial charge in [-0.05, 0) is 25.2 Å². The van der Waals surface area contributed by atoms with E-state index in [9.17, 15) is 4.79 Å². The van der Waals surface area contributed by atoms with E-state index in [1.54, 1.807) is 0 Å². The summed E-state index contributed by atoms with van der Waals surface area (Å²) in [6.45, 7) is 0. The summed E-state index contributed by atoms with van der Waals surface area (Å²) in [6, 6.07) is 0.0895. The van der Waals surface area contributed by atoms with Gasteiger partial charge >= 0.3 is 5.97 Å². The highest BCUT2D eigenvalue weighted by atomic mass is 16.4. The molecule has 1 saturated carbocycles. The van der Waals surface area contributed by atoms with Gasteiger partial charge in [0.1, 0.15) is 0 Å². The molecule has 14 heavy (non-hydrogen) atoms. The first-order valence-corrected chi connectivity index (χ1v) is 5.66. The molecule has 0 aromatic rings. The van der Waals surface area contributed by atoms with Gasteiger partial charge in [0.2, 0.25) is 0 Å². The van der Waals surface area contributed by atoms with Gasteiger partial charge in [0.25, 0.3) is 0 Å². The van der Waals surface area contributed by atoms with Crippen LogP contribution in [0, 0.1) is 5.92 Å². The molecule has 1 aliphatic rings. The summed E-state index contributed by atoms with van der Waals surface area (Å²) in [5, 5.41) is 8.49. The molecule has 0 aromatic heterocycles. The summed E-state index contributed by atoms with van der Waals surface area (Å²) in [7, 11) is 0. The Hall–Kier alpha value is -0.570. The van der Waals surface area contributed by atoms with Crippen LogP contribution < -0.4 is 5.73 Å². The fourth-order valence-corrected chi connectivity index (χ4v) is 2.20. The first-order chi connectivity index (χ1) is 6.68. The van der Waals surface area contributed by atoms with Crippen molar-refractivity contribution < 1.29 is 9.90 Å². The van der Waals surface area contributed by atoms with Crippen LogP contribution in [0.3, 0.4) is 0 Å². The minimum absolute atomic E-state index is 0.0895. The number of rotatable bonds is 6. The monoisotopic (exact) mass is 199 g/mol.